The molecule has 17 heavy (non-hydrogen) atoms. The fourth-order valence-electron chi connectivity index (χ4n) is 1.97. The second kappa shape index (κ2) is 6.59. The highest BCUT2D eigenvalue weighted by Crippen LogP contribution is 2.15. The minimum atomic E-state index is -0.201. The molecule has 2 amide bonds. The smallest absolute Gasteiger partial charge is 0.228 e. The summed E-state index contributed by atoms with van der Waals surface area (Å²) in [4.78, 5) is 25.2. The number of nitrogens with zero attached hydrogens (tertiary/aromatic N) is 1. The van der Waals surface area contributed by atoms with E-state index in [2.05, 4.69) is 12.2 Å². The Labute approximate surface area is 102 Å². The van der Waals surface area contributed by atoms with Gasteiger partial charge in [0.2, 0.25) is 11.8 Å². The molecule has 0 bridgehead atoms. The van der Waals surface area contributed by atoms with Crippen LogP contribution in [0.25, 0.3) is 0 Å². The van der Waals surface area contributed by atoms with Gasteiger partial charge in [-0.1, -0.05) is 6.92 Å². The van der Waals surface area contributed by atoms with Crippen LogP contribution in [0.5, 0.6) is 0 Å². The van der Waals surface area contributed by atoms with Crippen molar-refractivity contribution in [2.75, 3.05) is 26.8 Å². The molecule has 5 nitrogen and oxygen atoms in total. The summed E-state index contributed by atoms with van der Waals surface area (Å²) in [7, 11) is 1.62. The second-order valence-electron chi connectivity index (χ2n) is 4.49. The van der Waals surface area contributed by atoms with Crippen LogP contribution < -0.4 is 5.32 Å². The largest absolute Gasteiger partial charge is 0.383 e. The highest BCUT2D eigenvalue weighted by Gasteiger charge is 2.32. The van der Waals surface area contributed by atoms with E-state index >= 15 is 0 Å². The lowest BCUT2D eigenvalue weighted by Crippen LogP contribution is -2.44. The van der Waals surface area contributed by atoms with Crippen molar-refractivity contribution in [3.8, 4) is 0 Å². The van der Waals surface area contributed by atoms with E-state index in [1.165, 1.54) is 0 Å². The first-order valence-corrected chi connectivity index (χ1v) is 6.16. The highest BCUT2D eigenvalue weighted by molar-refractivity contribution is 5.89. The molecule has 0 aliphatic carbocycles. The zero-order valence-corrected chi connectivity index (χ0v) is 10.9. The number of carbonyl (C=O) groups excluding carboxylic acids is 2. The molecule has 0 radical (unpaired) electrons. The predicted molar refractivity (Wildman–Crippen MR) is 64.5 cm³/mol. The maximum atomic E-state index is 12.3. The Kier molecular flexibility index (Phi) is 5.41. The maximum absolute atomic E-state index is 12.3. The average Bonchev–Trinajstić information content (AvgIpc) is 2.75. The summed E-state index contributed by atoms with van der Waals surface area (Å²) in [5, 5.41) is 2.70. The van der Waals surface area contributed by atoms with E-state index in [-0.39, 0.29) is 23.8 Å². The fraction of sp³-hybridized carbons (Fsp3) is 0.833. The third-order valence-corrected chi connectivity index (χ3v) is 3.27. The monoisotopic (exact) mass is 242 g/mol. The second-order valence-corrected chi connectivity index (χ2v) is 4.49. The molecule has 98 valence electrons. The molecule has 1 N–H and O–H groups in total. The Balaban J connectivity index is 2.61. The van der Waals surface area contributed by atoms with Crippen molar-refractivity contribution in [3.05, 3.63) is 0 Å². The van der Waals surface area contributed by atoms with E-state index < -0.39 is 0 Å². The van der Waals surface area contributed by atoms with Crippen LogP contribution in [0.2, 0.25) is 0 Å². The fourth-order valence-corrected chi connectivity index (χ4v) is 1.97. The SMILES string of the molecule is CCC(C)N(CCOC)C(=O)C1CNC(=O)C1. The highest BCUT2D eigenvalue weighted by atomic mass is 16.5. The lowest BCUT2D eigenvalue weighted by molar-refractivity contribution is -0.138. The van der Waals surface area contributed by atoms with Crippen LogP contribution >= 0.6 is 0 Å². The number of hydrogen-bond acceptors (Lipinski definition) is 3. The Hall–Kier alpha value is -1.10. The first-order chi connectivity index (χ1) is 8.10. The lowest BCUT2D eigenvalue weighted by Gasteiger charge is -2.30. The third-order valence-electron chi connectivity index (χ3n) is 3.27. The molecule has 0 aromatic rings. The lowest BCUT2D eigenvalue weighted by atomic mass is 10.1. The van der Waals surface area contributed by atoms with E-state index in [1.807, 2.05) is 11.8 Å². The van der Waals surface area contributed by atoms with E-state index in [1.54, 1.807) is 7.11 Å². The minimum Gasteiger partial charge on any atom is -0.383 e. The normalized spacial score (nSPS) is 21.1. The number of rotatable bonds is 6. The van der Waals surface area contributed by atoms with Crippen molar-refractivity contribution in [1.82, 2.24) is 10.2 Å². The first kappa shape index (κ1) is 14.0. The summed E-state index contributed by atoms with van der Waals surface area (Å²) in [6, 6.07) is 0.188. The summed E-state index contributed by atoms with van der Waals surface area (Å²) in [6.45, 7) is 5.67. The third kappa shape index (κ3) is 3.70. The Morgan fingerprint density at radius 3 is 2.82 bits per heavy atom. The molecule has 0 saturated carbocycles. The zero-order chi connectivity index (χ0) is 12.8. The standard InChI is InChI=1S/C12H22N2O3/c1-4-9(2)14(5-6-17-3)12(16)10-7-11(15)13-8-10/h9-10H,4-8H2,1-3H3,(H,13,15). The van der Waals surface area contributed by atoms with Crippen LogP contribution in [0.4, 0.5) is 0 Å². The molecular weight excluding hydrogens is 220 g/mol. The molecule has 1 saturated heterocycles. The molecule has 0 spiro atoms. The molecule has 1 aliphatic heterocycles. The van der Waals surface area contributed by atoms with Gasteiger partial charge >= 0.3 is 0 Å². The van der Waals surface area contributed by atoms with Crippen LogP contribution in [-0.2, 0) is 14.3 Å². The summed E-state index contributed by atoms with van der Waals surface area (Å²) in [6.07, 6.45) is 1.22. The van der Waals surface area contributed by atoms with Gasteiger partial charge in [0.1, 0.15) is 0 Å². The van der Waals surface area contributed by atoms with Gasteiger partial charge in [-0.05, 0) is 13.3 Å². The Morgan fingerprint density at radius 1 is 1.65 bits per heavy atom. The van der Waals surface area contributed by atoms with Crippen molar-refractivity contribution in [2.24, 2.45) is 5.92 Å². The van der Waals surface area contributed by atoms with Gasteiger partial charge in [-0.25, -0.2) is 0 Å². The van der Waals surface area contributed by atoms with Crippen LogP contribution in [0.1, 0.15) is 26.7 Å². The van der Waals surface area contributed by atoms with Crippen LogP contribution in [0.3, 0.4) is 0 Å². The summed E-state index contributed by atoms with van der Waals surface area (Å²) in [5.74, 6) is -0.165. The first-order valence-electron chi connectivity index (χ1n) is 6.16. The molecule has 1 rings (SSSR count). The van der Waals surface area contributed by atoms with Gasteiger partial charge in [-0.15, -0.1) is 0 Å². The van der Waals surface area contributed by atoms with Crippen molar-refractivity contribution >= 4 is 11.8 Å². The summed E-state index contributed by atoms with van der Waals surface area (Å²) in [5.41, 5.74) is 0. The number of methoxy groups -OCH3 is 1. The number of ether oxygens (including phenoxy) is 1. The molecule has 1 aliphatic rings. The quantitative estimate of drug-likeness (QED) is 0.733. The van der Waals surface area contributed by atoms with Crippen LogP contribution in [0, 0.1) is 5.92 Å². The van der Waals surface area contributed by atoms with Gasteiger partial charge in [0.15, 0.2) is 0 Å². The van der Waals surface area contributed by atoms with Gasteiger partial charge in [0.25, 0.3) is 0 Å². The van der Waals surface area contributed by atoms with E-state index in [9.17, 15) is 9.59 Å². The molecular formula is C12H22N2O3. The van der Waals surface area contributed by atoms with Crippen molar-refractivity contribution in [3.63, 3.8) is 0 Å². The molecule has 1 heterocycles. The number of carbonyl (C=O) groups is 2. The van der Waals surface area contributed by atoms with Gasteiger partial charge in [-0.2, -0.15) is 0 Å². The number of nitrogens with one attached hydrogen (secondary N) is 1. The van der Waals surface area contributed by atoms with Crippen LogP contribution in [0.15, 0.2) is 0 Å². The zero-order valence-electron chi connectivity index (χ0n) is 10.9. The minimum absolute atomic E-state index is 0.0285. The van der Waals surface area contributed by atoms with Gasteiger partial charge < -0.3 is 15.0 Å². The van der Waals surface area contributed by atoms with Crippen molar-refractivity contribution in [2.45, 2.75) is 32.7 Å². The summed E-state index contributed by atoms with van der Waals surface area (Å²) < 4.78 is 5.02. The maximum Gasteiger partial charge on any atom is 0.228 e. The Bertz CT molecular complexity index is 281. The number of hydrogen-bond donors (Lipinski definition) is 1. The van der Waals surface area contributed by atoms with E-state index in [0.717, 1.165) is 6.42 Å². The molecule has 5 heteroatoms. The van der Waals surface area contributed by atoms with Crippen molar-refractivity contribution < 1.29 is 14.3 Å². The van der Waals surface area contributed by atoms with Gasteiger partial charge in [0.05, 0.1) is 12.5 Å². The topological polar surface area (TPSA) is 58.6 Å². The molecule has 2 unspecified atom stereocenters. The Morgan fingerprint density at radius 2 is 2.35 bits per heavy atom. The van der Waals surface area contributed by atoms with Crippen molar-refractivity contribution in [1.29, 1.82) is 0 Å². The summed E-state index contributed by atoms with van der Waals surface area (Å²) >= 11 is 0. The van der Waals surface area contributed by atoms with Gasteiger partial charge in [-0.3, -0.25) is 9.59 Å². The van der Waals surface area contributed by atoms with Crippen LogP contribution in [-0.4, -0.2) is 49.6 Å². The molecule has 1 fully saturated rings. The van der Waals surface area contributed by atoms with Gasteiger partial charge in [0, 0.05) is 32.7 Å². The molecule has 0 aromatic heterocycles. The average molecular weight is 242 g/mol. The van der Waals surface area contributed by atoms with E-state index in [4.69, 9.17) is 4.74 Å². The number of amides is 2. The van der Waals surface area contributed by atoms with E-state index in [0.29, 0.717) is 26.1 Å². The molecule has 2 atom stereocenters. The predicted octanol–water partition coefficient (Wildman–Crippen LogP) is 0.396. The molecule has 0 aromatic carbocycles.